The second-order valence-corrected chi connectivity index (χ2v) is 6.40. The first-order valence-corrected chi connectivity index (χ1v) is 8.68. The first-order valence-electron chi connectivity index (χ1n) is 8.68. The summed E-state index contributed by atoms with van der Waals surface area (Å²) in [6, 6.07) is 14.3. The highest BCUT2D eigenvalue weighted by molar-refractivity contribution is 6.16. The van der Waals surface area contributed by atoms with Crippen LogP contribution in [0.3, 0.4) is 0 Å². The normalized spacial score (nSPS) is 14.4. The van der Waals surface area contributed by atoms with Gasteiger partial charge in [0, 0.05) is 26.1 Å². The van der Waals surface area contributed by atoms with Gasteiger partial charge in [0.15, 0.2) is 0 Å². The fourth-order valence-electron chi connectivity index (χ4n) is 3.15. The Balaban J connectivity index is 1.82. The Hall–Kier alpha value is -3.35. The van der Waals surface area contributed by atoms with Crippen molar-refractivity contribution < 1.29 is 19.5 Å². The summed E-state index contributed by atoms with van der Waals surface area (Å²) in [6.45, 7) is 2.67. The van der Waals surface area contributed by atoms with E-state index in [9.17, 15) is 14.4 Å². The summed E-state index contributed by atoms with van der Waals surface area (Å²) in [5.74, 6) is -0.216. The number of imide groups is 1. The van der Waals surface area contributed by atoms with E-state index in [0.717, 1.165) is 16.7 Å². The summed E-state index contributed by atoms with van der Waals surface area (Å²) in [6.07, 6.45) is -0.856. The summed E-state index contributed by atoms with van der Waals surface area (Å²) in [7, 11) is 0. The van der Waals surface area contributed by atoms with E-state index >= 15 is 0 Å². The molecule has 27 heavy (non-hydrogen) atoms. The Kier molecular flexibility index (Phi) is 5.40. The molecule has 2 aromatic rings. The van der Waals surface area contributed by atoms with E-state index in [2.05, 4.69) is 5.32 Å². The smallest absolute Gasteiger partial charge is 0.404 e. The molecule has 7 heteroatoms. The lowest BCUT2D eigenvalue weighted by molar-refractivity contribution is -0.119. The van der Waals surface area contributed by atoms with Crippen LogP contribution in [-0.2, 0) is 17.9 Å². The van der Waals surface area contributed by atoms with Crippen molar-refractivity contribution in [1.29, 1.82) is 0 Å². The van der Waals surface area contributed by atoms with Crippen molar-refractivity contribution in [3.63, 3.8) is 0 Å². The van der Waals surface area contributed by atoms with Crippen LogP contribution in [0.2, 0.25) is 0 Å². The number of para-hydroxylation sites is 1. The van der Waals surface area contributed by atoms with Gasteiger partial charge >= 0.3 is 12.1 Å². The average molecular weight is 367 g/mol. The monoisotopic (exact) mass is 367 g/mol. The Morgan fingerprint density at radius 3 is 2.44 bits per heavy atom. The molecule has 1 aliphatic rings. The fraction of sp³-hybridized carbons (Fsp3) is 0.250. The second-order valence-electron chi connectivity index (χ2n) is 6.40. The average Bonchev–Trinajstić information content (AvgIpc) is 2.65. The molecule has 2 N–H and O–H groups in total. The summed E-state index contributed by atoms with van der Waals surface area (Å²) >= 11 is 0. The molecule has 0 radical (unpaired) electrons. The molecule has 140 valence electrons. The number of nitrogens with one attached hydrogen (secondary N) is 1. The maximum absolute atomic E-state index is 13.0. The van der Waals surface area contributed by atoms with Gasteiger partial charge in [-0.05, 0) is 29.7 Å². The quantitative estimate of drug-likeness (QED) is 0.850. The lowest BCUT2D eigenvalue weighted by atomic mass is 10.1. The first kappa shape index (κ1) is 18.4. The van der Waals surface area contributed by atoms with E-state index in [1.54, 1.807) is 17.0 Å². The van der Waals surface area contributed by atoms with Gasteiger partial charge in [0.2, 0.25) is 5.91 Å². The molecular weight excluding hydrogens is 346 g/mol. The van der Waals surface area contributed by atoms with Crippen molar-refractivity contribution in [2.75, 3.05) is 11.4 Å². The van der Waals surface area contributed by atoms with Gasteiger partial charge in [0.25, 0.3) is 0 Å². The van der Waals surface area contributed by atoms with E-state index in [0.29, 0.717) is 18.8 Å². The third kappa shape index (κ3) is 4.08. The summed E-state index contributed by atoms with van der Waals surface area (Å²) < 4.78 is 0. The van der Waals surface area contributed by atoms with Crippen LogP contribution in [0.25, 0.3) is 0 Å². The molecule has 0 aromatic heterocycles. The Bertz CT molecular complexity index is 881. The summed E-state index contributed by atoms with van der Waals surface area (Å²) in [5, 5.41) is 11.2. The zero-order valence-electron chi connectivity index (χ0n) is 15.0. The number of rotatable bonds is 5. The minimum Gasteiger partial charge on any atom is -0.465 e. The molecule has 7 nitrogen and oxygen atoms in total. The number of anilines is 1. The van der Waals surface area contributed by atoms with Gasteiger partial charge in [-0.3, -0.25) is 4.79 Å². The molecule has 0 atom stereocenters. The molecule has 0 saturated carbocycles. The Labute approximate surface area is 157 Å². The summed E-state index contributed by atoms with van der Waals surface area (Å²) in [4.78, 5) is 39.0. The van der Waals surface area contributed by atoms with Crippen molar-refractivity contribution in [1.82, 2.24) is 10.2 Å². The van der Waals surface area contributed by atoms with Gasteiger partial charge in [-0.1, -0.05) is 42.5 Å². The molecule has 1 fully saturated rings. The third-order valence-corrected chi connectivity index (χ3v) is 4.57. The molecule has 2 aromatic carbocycles. The number of benzene rings is 2. The topological polar surface area (TPSA) is 90.0 Å². The number of nitrogens with zero attached hydrogens (tertiary/aromatic N) is 2. The highest BCUT2D eigenvalue weighted by atomic mass is 16.4. The number of carbonyl (C=O) groups is 3. The van der Waals surface area contributed by atoms with Crippen molar-refractivity contribution >= 4 is 23.7 Å². The number of hydrogen-bond donors (Lipinski definition) is 2. The van der Waals surface area contributed by atoms with Crippen molar-refractivity contribution in [3.8, 4) is 0 Å². The third-order valence-electron chi connectivity index (χ3n) is 4.57. The van der Waals surface area contributed by atoms with Gasteiger partial charge in [0.05, 0.1) is 5.69 Å². The molecule has 1 saturated heterocycles. The molecule has 3 rings (SSSR count). The van der Waals surface area contributed by atoms with Crippen molar-refractivity contribution in [3.05, 3.63) is 65.2 Å². The lowest BCUT2D eigenvalue weighted by Crippen LogP contribution is -2.52. The molecule has 1 heterocycles. The van der Waals surface area contributed by atoms with E-state index in [1.165, 1.54) is 4.90 Å². The zero-order chi connectivity index (χ0) is 19.4. The van der Waals surface area contributed by atoms with Crippen LogP contribution in [0.15, 0.2) is 48.5 Å². The van der Waals surface area contributed by atoms with E-state index in [4.69, 9.17) is 5.11 Å². The second kappa shape index (κ2) is 7.90. The molecule has 0 spiro atoms. The number of amides is 4. The highest BCUT2D eigenvalue weighted by Gasteiger charge is 2.34. The molecule has 0 unspecified atom stereocenters. The standard InChI is InChI=1S/C20H21N3O4/c1-14-6-2-5-9-17(14)23-18(24)10-11-22(20(23)27)13-16-8-4-3-7-15(16)12-21-19(25)26/h2-9,21H,10-13H2,1H3,(H,25,26). The minimum absolute atomic E-state index is 0.161. The van der Waals surface area contributed by atoms with Crippen LogP contribution in [0.1, 0.15) is 23.1 Å². The number of urea groups is 1. The highest BCUT2D eigenvalue weighted by Crippen LogP contribution is 2.25. The molecular formula is C20H21N3O4. The van der Waals surface area contributed by atoms with E-state index in [-0.39, 0.29) is 24.9 Å². The number of aryl methyl sites for hydroxylation is 1. The lowest BCUT2D eigenvalue weighted by Gasteiger charge is -2.35. The van der Waals surface area contributed by atoms with Crippen LogP contribution in [0, 0.1) is 6.92 Å². The zero-order valence-corrected chi connectivity index (χ0v) is 15.0. The van der Waals surface area contributed by atoms with Crippen molar-refractivity contribution in [2.45, 2.75) is 26.4 Å². The molecule has 0 bridgehead atoms. The van der Waals surface area contributed by atoms with E-state index < -0.39 is 6.09 Å². The van der Waals surface area contributed by atoms with Crippen LogP contribution < -0.4 is 10.2 Å². The minimum atomic E-state index is -1.10. The van der Waals surface area contributed by atoms with Crippen LogP contribution in [0.4, 0.5) is 15.3 Å². The predicted molar refractivity (Wildman–Crippen MR) is 100 cm³/mol. The summed E-state index contributed by atoms with van der Waals surface area (Å²) in [5.41, 5.74) is 3.09. The van der Waals surface area contributed by atoms with Crippen molar-refractivity contribution in [2.24, 2.45) is 0 Å². The first-order chi connectivity index (χ1) is 13.0. The number of hydrogen-bond acceptors (Lipinski definition) is 3. The Morgan fingerprint density at radius 1 is 1.07 bits per heavy atom. The van der Waals surface area contributed by atoms with E-state index in [1.807, 2.05) is 43.3 Å². The number of carboxylic acid groups (broad SMARTS) is 1. The van der Waals surface area contributed by atoms with Gasteiger partial charge in [0.1, 0.15) is 0 Å². The SMILES string of the molecule is Cc1ccccc1N1C(=O)CCN(Cc2ccccc2CNC(=O)O)C1=O. The van der Waals surface area contributed by atoms with Gasteiger partial charge in [-0.25, -0.2) is 14.5 Å². The largest absolute Gasteiger partial charge is 0.465 e. The van der Waals surface area contributed by atoms with Gasteiger partial charge in [-0.2, -0.15) is 0 Å². The maximum atomic E-state index is 13.0. The van der Waals surface area contributed by atoms with Crippen LogP contribution in [-0.4, -0.2) is 34.6 Å². The number of carbonyl (C=O) groups excluding carboxylic acids is 2. The van der Waals surface area contributed by atoms with Gasteiger partial charge < -0.3 is 15.3 Å². The fourth-order valence-corrected chi connectivity index (χ4v) is 3.15. The maximum Gasteiger partial charge on any atom is 0.404 e. The Morgan fingerprint density at radius 2 is 1.74 bits per heavy atom. The molecule has 1 aliphatic heterocycles. The molecule has 0 aliphatic carbocycles. The van der Waals surface area contributed by atoms with Gasteiger partial charge in [-0.15, -0.1) is 0 Å². The van der Waals surface area contributed by atoms with Crippen LogP contribution >= 0.6 is 0 Å². The molecule has 4 amide bonds. The predicted octanol–water partition coefficient (Wildman–Crippen LogP) is 3.12. The van der Waals surface area contributed by atoms with Crippen LogP contribution in [0.5, 0.6) is 0 Å².